The Kier molecular flexibility index (Phi) is 2.00. The van der Waals surface area contributed by atoms with Crippen molar-refractivity contribution >= 4 is 11.9 Å². The van der Waals surface area contributed by atoms with Gasteiger partial charge in [-0.3, -0.25) is 4.99 Å². The minimum Gasteiger partial charge on any atom is -0.318 e. The summed E-state index contributed by atoms with van der Waals surface area (Å²) in [4.78, 5) is 6.42. The highest BCUT2D eigenvalue weighted by molar-refractivity contribution is 5.90. The lowest BCUT2D eigenvalue weighted by Crippen LogP contribution is -2.30. The lowest BCUT2D eigenvalue weighted by molar-refractivity contribution is 0.522. The maximum atomic E-state index is 9.01. The monoisotopic (exact) mass is 209 g/mol. The Balaban J connectivity index is 2.03. The molecule has 3 nitrogen and oxygen atoms in total. The van der Waals surface area contributed by atoms with Crippen LogP contribution in [0.2, 0.25) is 0 Å². The first-order valence-electron chi connectivity index (χ1n) is 5.36. The second-order valence-electron chi connectivity index (χ2n) is 4.00. The Labute approximate surface area is 94.3 Å². The minimum absolute atomic E-state index is 0.124. The summed E-state index contributed by atoms with van der Waals surface area (Å²) in [6.45, 7) is 0.596. The number of hydrogen-bond donors (Lipinski definition) is 0. The van der Waals surface area contributed by atoms with Gasteiger partial charge in [0.1, 0.15) is 11.9 Å². The minimum atomic E-state index is -0.124. The molecule has 1 atom stereocenters. The van der Waals surface area contributed by atoms with Gasteiger partial charge in [-0.2, -0.15) is 5.26 Å². The van der Waals surface area contributed by atoms with E-state index in [1.165, 1.54) is 11.1 Å². The van der Waals surface area contributed by atoms with Gasteiger partial charge >= 0.3 is 0 Å². The van der Waals surface area contributed by atoms with Gasteiger partial charge in [0, 0.05) is 12.6 Å². The summed E-state index contributed by atoms with van der Waals surface area (Å²) in [6.07, 6.45) is 4.86. The third-order valence-corrected chi connectivity index (χ3v) is 3.05. The third-order valence-electron chi connectivity index (χ3n) is 3.05. The van der Waals surface area contributed by atoms with Crippen molar-refractivity contribution in [3.63, 3.8) is 0 Å². The Morgan fingerprint density at radius 3 is 3.12 bits per heavy atom. The number of amidine groups is 1. The molecule has 2 aliphatic heterocycles. The third kappa shape index (κ3) is 1.31. The van der Waals surface area contributed by atoms with Gasteiger partial charge in [-0.15, -0.1) is 0 Å². The molecule has 16 heavy (non-hydrogen) atoms. The van der Waals surface area contributed by atoms with E-state index in [4.69, 9.17) is 5.26 Å². The van der Waals surface area contributed by atoms with E-state index in [-0.39, 0.29) is 6.04 Å². The molecular weight excluding hydrogens is 198 g/mol. The second-order valence-corrected chi connectivity index (χ2v) is 4.00. The number of fused-ring (bicyclic) bond motifs is 2. The molecule has 0 spiro atoms. The molecule has 3 heteroatoms. The number of benzene rings is 1. The molecule has 1 unspecified atom stereocenters. The highest BCUT2D eigenvalue weighted by Gasteiger charge is 2.27. The van der Waals surface area contributed by atoms with E-state index in [1.807, 2.05) is 23.2 Å². The summed E-state index contributed by atoms with van der Waals surface area (Å²) in [5, 5.41) is 9.01. The Morgan fingerprint density at radius 1 is 1.38 bits per heavy atom. The lowest BCUT2D eigenvalue weighted by atomic mass is 10.1. The van der Waals surface area contributed by atoms with E-state index in [0.717, 1.165) is 12.3 Å². The van der Waals surface area contributed by atoms with Crippen LogP contribution in [0.4, 0.5) is 0 Å². The van der Waals surface area contributed by atoms with E-state index in [2.05, 4.69) is 29.3 Å². The fourth-order valence-corrected chi connectivity index (χ4v) is 2.17. The quantitative estimate of drug-likeness (QED) is 0.653. The van der Waals surface area contributed by atoms with E-state index in [0.29, 0.717) is 6.54 Å². The van der Waals surface area contributed by atoms with Crippen molar-refractivity contribution in [2.75, 3.05) is 6.54 Å². The second kappa shape index (κ2) is 3.49. The van der Waals surface area contributed by atoms with Crippen LogP contribution in [0.5, 0.6) is 0 Å². The van der Waals surface area contributed by atoms with Crippen LogP contribution in [0.15, 0.2) is 35.5 Å². The smallest absolute Gasteiger partial charge is 0.141 e. The lowest BCUT2D eigenvalue weighted by Gasteiger charge is -2.17. The Hall–Kier alpha value is -2.08. The molecule has 0 aromatic heterocycles. The summed E-state index contributed by atoms with van der Waals surface area (Å²) < 4.78 is 0. The fourth-order valence-electron chi connectivity index (χ4n) is 2.17. The molecule has 0 N–H and O–H groups in total. The van der Waals surface area contributed by atoms with Crippen molar-refractivity contribution in [3.8, 4) is 6.07 Å². The Morgan fingerprint density at radius 2 is 2.25 bits per heavy atom. The summed E-state index contributed by atoms with van der Waals surface area (Å²) in [7, 11) is 0. The maximum absolute atomic E-state index is 9.01. The van der Waals surface area contributed by atoms with Crippen LogP contribution in [0, 0.1) is 11.3 Å². The summed E-state index contributed by atoms with van der Waals surface area (Å²) in [5.74, 6) is 1.01. The van der Waals surface area contributed by atoms with Crippen LogP contribution in [0.3, 0.4) is 0 Å². The molecule has 1 aromatic rings. The molecule has 2 heterocycles. The fraction of sp³-hybridized carbons (Fsp3) is 0.231. The van der Waals surface area contributed by atoms with Gasteiger partial charge in [-0.1, -0.05) is 24.3 Å². The molecule has 3 rings (SSSR count). The number of nitrogens with zero attached hydrogens (tertiary/aromatic N) is 3. The number of hydrogen-bond acceptors (Lipinski definition) is 3. The topological polar surface area (TPSA) is 39.4 Å². The van der Waals surface area contributed by atoms with E-state index in [9.17, 15) is 0 Å². The van der Waals surface area contributed by atoms with Crippen molar-refractivity contribution in [2.45, 2.75) is 12.5 Å². The van der Waals surface area contributed by atoms with Crippen LogP contribution < -0.4 is 0 Å². The molecular formula is C13H11N3. The van der Waals surface area contributed by atoms with Crippen molar-refractivity contribution < 1.29 is 0 Å². The molecule has 0 saturated carbocycles. The maximum Gasteiger partial charge on any atom is 0.141 e. The number of aliphatic imine (C=N–C) groups is 1. The highest BCUT2D eigenvalue weighted by atomic mass is 15.3. The van der Waals surface area contributed by atoms with Gasteiger partial charge in [0.25, 0.3) is 0 Å². The van der Waals surface area contributed by atoms with Gasteiger partial charge in [0.05, 0.1) is 12.6 Å². The Bertz CT molecular complexity index is 522. The zero-order valence-electron chi connectivity index (χ0n) is 8.80. The number of nitriles is 1. The van der Waals surface area contributed by atoms with Crippen LogP contribution >= 0.6 is 0 Å². The highest BCUT2D eigenvalue weighted by Crippen LogP contribution is 2.22. The van der Waals surface area contributed by atoms with E-state index < -0.39 is 0 Å². The van der Waals surface area contributed by atoms with Crippen LogP contribution in [-0.4, -0.2) is 23.3 Å². The average molecular weight is 209 g/mol. The molecule has 0 bridgehead atoms. The molecule has 0 fully saturated rings. The normalized spacial score (nSPS) is 21.8. The first kappa shape index (κ1) is 9.17. The van der Waals surface area contributed by atoms with Gasteiger partial charge in [-0.25, -0.2) is 0 Å². The van der Waals surface area contributed by atoms with Gasteiger partial charge < -0.3 is 4.90 Å². The molecule has 1 aromatic carbocycles. The SMILES string of the molecule is N#CC1CN=C2Cc3ccccc3C=CN21. The van der Waals surface area contributed by atoms with Crippen LogP contribution in [0.25, 0.3) is 6.08 Å². The molecule has 0 amide bonds. The first-order valence-corrected chi connectivity index (χ1v) is 5.36. The molecule has 78 valence electrons. The molecule has 0 saturated heterocycles. The van der Waals surface area contributed by atoms with Crippen molar-refractivity contribution in [1.82, 2.24) is 4.90 Å². The summed E-state index contributed by atoms with van der Waals surface area (Å²) in [5.41, 5.74) is 2.50. The molecule has 2 aliphatic rings. The predicted molar refractivity (Wildman–Crippen MR) is 62.7 cm³/mol. The summed E-state index contributed by atoms with van der Waals surface area (Å²) in [6, 6.07) is 10.4. The summed E-state index contributed by atoms with van der Waals surface area (Å²) >= 11 is 0. The van der Waals surface area contributed by atoms with Crippen molar-refractivity contribution in [2.24, 2.45) is 4.99 Å². The number of rotatable bonds is 0. The molecule has 0 radical (unpaired) electrons. The zero-order valence-corrected chi connectivity index (χ0v) is 8.80. The van der Waals surface area contributed by atoms with Gasteiger partial charge in [-0.05, 0) is 17.2 Å². The standard InChI is InChI=1S/C13H11N3/c14-8-12-9-15-13-7-11-4-2-1-3-10(11)5-6-16(12)13/h1-6,12H,7,9H2. The largest absolute Gasteiger partial charge is 0.318 e. The first-order chi connectivity index (χ1) is 7.88. The average Bonchev–Trinajstić information content (AvgIpc) is 2.61. The predicted octanol–water partition coefficient (Wildman–Crippen LogP) is 1.82. The zero-order chi connectivity index (χ0) is 11.0. The van der Waals surface area contributed by atoms with Crippen LogP contribution in [-0.2, 0) is 6.42 Å². The molecule has 0 aliphatic carbocycles. The van der Waals surface area contributed by atoms with Gasteiger partial charge in [0.2, 0.25) is 0 Å². The van der Waals surface area contributed by atoms with Crippen molar-refractivity contribution in [3.05, 3.63) is 41.6 Å². The van der Waals surface area contributed by atoms with Crippen molar-refractivity contribution in [1.29, 1.82) is 5.26 Å². The van der Waals surface area contributed by atoms with E-state index >= 15 is 0 Å². The van der Waals surface area contributed by atoms with Gasteiger partial charge in [0.15, 0.2) is 0 Å². The van der Waals surface area contributed by atoms with Crippen LogP contribution in [0.1, 0.15) is 11.1 Å². The van der Waals surface area contributed by atoms with E-state index in [1.54, 1.807) is 0 Å².